The quantitative estimate of drug-likeness (QED) is 0.171. The normalized spacial score (nSPS) is 10.5. The highest BCUT2D eigenvalue weighted by atomic mass is 16.6. The van der Waals surface area contributed by atoms with Crippen LogP contribution in [0.3, 0.4) is 0 Å². The minimum Gasteiger partial charge on any atom is -0.493 e. The molecular weight excluding hydrogens is 486 g/mol. The van der Waals surface area contributed by atoms with E-state index < -0.39 is 17.8 Å². The maximum atomic E-state index is 12.5. The van der Waals surface area contributed by atoms with Gasteiger partial charge in [0, 0.05) is 5.56 Å². The van der Waals surface area contributed by atoms with Crippen LogP contribution in [0.2, 0.25) is 0 Å². The number of hydrazone groups is 1. The van der Waals surface area contributed by atoms with Gasteiger partial charge in [0.05, 0.1) is 47.5 Å². The number of carbonyl (C=O) groups is 3. The number of amides is 2. The average Bonchev–Trinajstić information content (AvgIpc) is 3.46. The summed E-state index contributed by atoms with van der Waals surface area (Å²) in [5, 5.41) is 6.36. The molecule has 0 bridgehead atoms. The lowest BCUT2D eigenvalue weighted by Gasteiger charge is -2.14. The van der Waals surface area contributed by atoms with Gasteiger partial charge in [-0.05, 0) is 48.0 Å². The zero-order valence-corrected chi connectivity index (χ0v) is 20.5. The van der Waals surface area contributed by atoms with Gasteiger partial charge in [0.25, 0.3) is 11.8 Å². The molecule has 0 aliphatic heterocycles. The van der Waals surface area contributed by atoms with Gasteiger partial charge in [0.15, 0.2) is 23.0 Å². The maximum absolute atomic E-state index is 12.5. The maximum Gasteiger partial charge on any atom is 0.379 e. The molecule has 2 aromatic carbocycles. The molecule has 37 heavy (non-hydrogen) atoms. The second-order valence-electron chi connectivity index (χ2n) is 7.17. The van der Waals surface area contributed by atoms with Gasteiger partial charge in [-0.15, -0.1) is 0 Å². The Balaban J connectivity index is 1.56. The standard InChI is InChI=1S/C25H25N3O9/c1-32-19-10-15(7-8-17(19)37-25(31)18-6-5-9-36-18)13-27-28-22(29)14-26-24(30)16-11-20(33-2)23(35-4)21(12-16)34-3/h5-13H,14H2,1-4H3,(H,26,30)(H,28,29)/b27-13+. The Morgan fingerprint density at radius 1 is 0.892 bits per heavy atom. The fourth-order valence-corrected chi connectivity index (χ4v) is 3.09. The highest BCUT2D eigenvalue weighted by molar-refractivity contribution is 5.97. The van der Waals surface area contributed by atoms with Crippen molar-refractivity contribution in [3.05, 3.63) is 65.6 Å². The van der Waals surface area contributed by atoms with Crippen LogP contribution in [0.5, 0.6) is 28.7 Å². The van der Waals surface area contributed by atoms with E-state index in [4.69, 9.17) is 28.1 Å². The van der Waals surface area contributed by atoms with E-state index in [0.717, 1.165) is 0 Å². The van der Waals surface area contributed by atoms with Crippen LogP contribution in [0.25, 0.3) is 0 Å². The minimum atomic E-state index is -0.675. The lowest BCUT2D eigenvalue weighted by molar-refractivity contribution is -0.120. The summed E-state index contributed by atoms with van der Waals surface area (Å²) in [5.41, 5.74) is 3.08. The highest BCUT2D eigenvalue weighted by Gasteiger charge is 2.18. The van der Waals surface area contributed by atoms with Crippen molar-refractivity contribution in [2.24, 2.45) is 5.10 Å². The van der Waals surface area contributed by atoms with E-state index in [0.29, 0.717) is 22.8 Å². The van der Waals surface area contributed by atoms with E-state index in [-0.39, 0.29) is 29.4 Å². The summed E-state index contributed by atoms with van der Waals surface area (Å²) in [6, 6.07) is 10.7. The summed E-state index contributed by atoms with van der Waals surface area (Å²) < 4.78 is 31.2. The summed E-state index contributed by atoms with van der Waals surface area (Å²) in [4.78, 5) is 36.7. The fraction of sp³-hybridized carbons (Fsp3) is 0.200. The van der Waals surface area contributed by atoms with Gasteiger partial charge >= 0.3 is 5.97 Å². The lowest BCUT2D eigenvalue weighted by atomic mass is 10.1. The van der Waals surface area contributed by atoms with E-state index in [1.807, 2.05) is 0 Å². The van der Waals surface area contributed by atoms with Crippen molar-refractivity contribution < 1.29 is 42.5 Å². The SMILES string of the molecule is COc1cc(/C=N/NC(=O)CNC(=O)c2cc(OC)c(OC)c(OC)c2)ccc1OC(=O)c1ccco1. The van der Waals surface area contributed by atoms with E-state index in [1.165, 1.54) is 65.2 Å². The molecule has 12 heteroatoms. The number of benzene rings is 2. The molecule has 0 aliphatic carbocycles. The largest absolute Gasteiger partial charge is 0.493 e. The molecule has 0 fully saturated rings. The molecule has 0 aliphatic rings. The Bertz CT molecular complexity index is 1260. The van der Waals surface area contributed by atoms with Gasteiger partial charge in [-0.1, -0.05) is 0 Å². The minimum absolute atomic E-state index is 0.0489. The Morgan fingerprint density at radius 3 is 2.19 bits per heavy atom. The van der Waals surface area contributed by atoms with Crippen molar-refractivity contribution in [3.8, 4) is 28.7 Å². The first kappa shape index (κ1) is 26.6. The number of ether oxygens (including phenoxy) is 5. The monoisotopic (exact) mass is 511 g/mol. The second kappa shape index (κ2) is 12.6. The number of furan rings is 1. The van der Waals surface area contributed by atoms with Gasteiger partial charge < -0.3 is 33.4 Å². The van der Waals surface area contributed by atoms with Crippen molar-refractivity contribution >= 4 is 24.0 Å². The molecule has 0 unspecified atom stereocenters. The summed E-state index contributed by atoms with van der Waals surface area (Å²) >= 11 is 0. The fourth-order valence-electron chi connectivity index (χ4n) is 3.09. The van der Waals surface area contributed by atoms with Gasteiger partial charge in [-0.25, -0.2) is 10.2 Å². The Kier molecular flexibility index (Phi) is 9.08. The number of nitrogens with one attached hydrogen (secondary N) is 2. The predicted octanol–water partition coefficient (Wildman–Crippen LogP) is 2.41. The van der Waals surface area contributed by atoms with Crippen molar-refractivity contribution in [1.82, 2.24) is 10.7 Å². The smallest absolute Gasteiger partial charge is 0.379 e. The number of carbonyl (C=O) groups excluding carboxylic acids is 3. The predicted molar refractivity (Wildman–Crippen MR) is 131 cm³/mol. The molecule has 0 spiro atoms. The summed E-state index contributed by atoms with van der Waals surface area (Å²) in [6.07, 6.45) is 2.72. The van der Waals surface area contributed by atoms with Crippen LogP contribution in [0.1, 0.15) is 26.5 Å². The van der Waals surface area contributed by atoms with E-state index in [2.05, 4.69) is 15.8 Å². The van der Waals surface area contributed by atoms with Crippen molar-refractivity contribution in [3.63, 3.8) is 0 Å². The van der Waals surface area contributed by atoms with Crippen LogP contribution < -0.4 is 34.4 Å². The molecule has 0 saturated carbocycles. The number of rotatable bonds is 11. The van der Waals surface area contributed by atoms with Gasteiger partial charge in [-0.2, -0.15) is 5.10 Å². The van der Waals surface area contributed by atoms with Crippen molar-refractivity contribution in [1.29, 1.82) is 0 Å². The Labute approximate surface area is 212 Å². The topological polar surface area (TPSA) is 147 Å². The first-order valence-corrected chi connectivity index (χ1v) is 10.7. The average molecular weight is 511 g/mol. The molecule has 12 nitrogen and oxygen atoms in total. The molecular formula is C25H25N3O9. The molecule has 0 saturated heterocycles. The highest BCUT2D eigenvalue weighted by Crippen LogP contribution is 2.38. The van der Waals surface area contributed by atoms with Crippen LogP contribution in [0.4, 0.5) is 0 Å². The molecule has 3 aromatic rings. The zero-order valence-electron chi connectivity index (χ0n) is 20.5. The van der Waals surface area contributed by atoms with Gasteiger partial charge in [0.2, 0.25) is 11.5 Å². The molecule has 0 radical (unpaired) electrons. The van der Waals surface area contributed by atoms with Gasteiger partial charge in [-0.3, -0.25) is 9.59 Å². The summed E-state index contributed by atoms with van der Waals surface area (Å²) in [7, 11) is 5.73. The third-order valence-electron chi connectivity index (χ3n) is 4.85. The summed E-state index contributed by atoms with van der Waals surface area (Å²) in [6.45, 7) is -0.335. The Morgan fingerprint density at radius 2 is 1.59 bits per heavy atom. The third-order valence-corrected chi connectivity index (χ3v) is 4.85. The number of esters is 1. The molecule has 2 amide bonds. The zero-order chi connectivity index (χ0) is 26.8. The second-order valence-corrected chi connectivity index (χ2v) is 7.17. The first-order chi connectivity index (χ1) is 17.9. The summed E-state index contributed by atoms with van der Waals surface area (Å²) in [5.74, 6) is -0.313. The van der Waals surface area contributed by atoms with Gasteiger partial charge in [0.1, 0.15) is 0 Å². The molecule has 3 rings (SSSR count). The number of hydrogen-bond donors (Lipinski definition) is 2. The van der Waals surface area contributed by atoms with E-state index in [1.54, 1.807) is 18.2 Å². The molecule has 1 aromatic heterocycles. The van der Waals surface area contributed by atoms with Crippen LogP contribution in [-0.4, -0.2) is 59.0 Å². The third kappa shape index (κ3) is 6.78. The molecule has 2 N–H and O–H groups in total. The van der Waals surface area contributed by atoms with Crippen molar-refractivity contribution in [2.45, 2.75) is 0 Å². The first-order valence-electron chi connectivity index (χ1n) is 10.7. The van der Waals surface area contributed by atoms with Crippen LogP contribution >= 0.6 is 0 Å². The van der Waals surface area contributed by atoms with E-state index >= 15 is 0 Å². The lowest BCUT2D eigenvalue weighted by Crippen LogP contribution is -2.34. The Hall–Kier alpha value is -5.00. The number of methoxy groups -OCH3 is 4. The van der Waals surface area contributed by atoms with Crippen LogP contribution in [0.15, 0.2) is 58.2 Å². The van der Waals surface area contributed by atoms with Crippen LogP contribution in [0, 0.1) is 0 Å². The van der Waals surface area contributed by atoms with Crippen LogP contribution in [-0.2, 0) is 4.79 Å². The molecule has 0 atom stereocenters. The van der Waals surface area contributed by atoms with E-state index in [9.17, 15) is 14.4 Å². The van der Waals surface area contributed by atoms with Crippen molar-refractivity contribution in [2.75, 3.05) is 35.0 Å². The number of nitrogens with zero attached hydrogens (tertiary/aromatic N) is 1. The molecule has 194 valence electrons. The molecule has 1 heterocycles. The number of hydrogen-bond acceptors (Lipinski definition) is 10.